The van der Waals surface area contributed by atoms with E-state index in [1.807, 2.05) is 24.3 Å². The Bertz CT molecular complexity index is 1130. The summed E-state index contributed by atoms with van der Waals surface area (Å²) in [4.78, 5) is 37.8. The Labute approximate surface area is 186 Å². The largest absolute Gasteiger partial charge is 0.497 e. The number of carbonyl (C=O) groups is 2. The molecule has 0 aliphatic heterocycles. The third-order valence-electron chi connectivity index (χ3n) is 6.28. The maximum absolute atomic E-state index is 12.9. The molecule has 1 aromatic carbocycles. The third kappa shape index (κ3) is 4.44. The molecule has 8 nitrogen and oxygen atoms in total. The SMILES string of the molecule is COc1ccc(CNC(=O)C(CNC(=O)c2c[nH]c3ncc(C4CC4)nc23)C2CC2)cc1. The fourth-order valence-corrected chi connectivity index (χ4v) is 3.99. The number of hydrogen-bond donors (Lipinski definition) is 3. The van der Waals surface area contributed by atoms with Crippen LogP contribution in [0.2, 0.25) is 0 Å². The van der Waals surface area contributed by atoms with E-state index < -0.39 is 0 Å². The van der Waals surface area contributed by atoms with Crippen LogP contribution < -0.4 is 15.4 Å². The lowest BCUT2D eigenvalue weighted by atomic mass is 10.0. The van der Waals surface area contributed by atoms with Gasteiger partial charge in [-0.05, 0) is 49.3 Å². The molecule has 1 atom stereocenters. The average Bonchev–Trinajstić information content (AvgIpc) is 3.75. The zero-order chi connectivity index (χ0) is 22.1. The standard InChI is InChI=1S/C24H27N5O3/c1-32-17-8-2-14(3-9-17)10-27-23(30)18(15-4-5-15)11-28-24(31)19-12-25-22-21(19)29-20(13-26-22)16-6-7-16/h2-3,8-9,12-13,15-16,18H,4-7,10-11H2,1H3,(H,25,26)(H,27,30)(H,28,31). The van der Waals surface area contributed by atoms with Crippen LogP contribution in [0.3, 0.4) is 0 Å². The van der Waals surface area contributed by atoms with Crippen LogP contribution in [0.15, 0.2) is 36.7 Å². The van der Waals surface area contributed by atoms with E-state index in [0.29, 0.717) is 41.7 Å². The van der Waals surface area contributed by atoms with Gasteiger partial charge in [0, 0.05) is 25.2 Å². The average molecular weight is 434 g/mol. The minimum Gasteiger partial charge on any atom is -0.497 e. The van der Waals surface area contributed by atoms with Gasteiger partial charge < -0.3 is 20.4 Å². The Morgan fingerprint density at radius 2 is 1.94 bits per heavy atom. The van der Waals surface area contributed by atoms with Crippen molar-refractivity contribution in [3.63, 3.8) is 0 Å². The highest BCUT2D eigenvalue weighted by Gasteiger charge is 2.36. The molecule has 2 saturated carbocycles. The second kappa shape index (κ2) is 8.61. The number of aromatic amines is 1. The van der Waals surface area contributed by atoms with Crippen LogP contribution in [-0.4, -0.2) is 40.4 Å². The molecule has 5 rings (SSSR count). The minimum absolute atomic E-state index is 0.0293. The van der Waals surface area contributed by atoms with Crippen molar-refractivity contribution in [2.24, 2.45) is 11.8 Å². The third-order valence-corrected chi connectivity index (χ3v) is 6.28. The van der Waals surface area contributed by atoms with Gasteiger partial charge in [-0.25, -0.2) is 9.97 Å². The smallest absolute Gasteiger partial charge is 0.255 e. The number of H-pyrrole nitrogens is 1. The lowest BCUT2D eigenvalue weighted by molar-refractivity contribution is -0.125. The summed E-state index contributed by atoms with van der Waals surface area (Å²) < 4.78 is 5.17. The summed E-state index contributed by atoms with van der Waals surface area (Å²) in [6.07, 6.45) is 7.71. The van der Waals surface area contributed by atoms with E-state index in [4.69, 9.17) is 4.74 Å². The molecule has 3 N–H and O–H groups in total. The molecular weight excluding hydrogens is 406 g/mol. The van der Waals surface area contributed by atoms with Crippen molar-refractivity contribution in [3.8, 4) is 5.75 Å². The summed E-state index contributed by atoms with van der Waals surface area (Å²) >= 11 is 0. The van der Waals surface area contributed by atoms with Gasteiger partial charge in [0.05, 0.1) is 30.5 Å². The molecule has 0 bridgehead atoms. The first kappa shape index (κ1) is 20.5. The van der Waals surface area contributed by atoms with Crippen LogP contribution >= 0.6 is 0 Å². The molecule has 2 aromatic heterocycles. The van der Waals surface area contributed by atoms with Gasteiger partial charge in [-0.15, -0.1) is 0 Å². The lowest BCUT2D eigenvalue weighted by Crippen LogP contribution is -2.39. The minimum atomic E-state index is -0.240. The van der Waals surface area contributed by atoms with Gasteiger partial charge in [-0.1, -0.05) is 12.1 Å². The summed E-state index contributed by atoms with van der Waals surface area (Å²) in [6, 6.07) is 7.61. The monoisotopic (exact) mass is 433 g/mol. The second-order valence-electron chi connectivity index (χ2n) is 8.69. The zero-order valence-corrected chi connectivity index (χ0v) is 18.1. The number of nitrogens with one attached hydrogen (secondary N) is 3. The van der Waals surface area contributed by atoms with Crippen LogP contribution in [0.1, 0.15) is 53.2 Å². The van der Waals surface area contributed by atoms with E-state index in [1.165, 1.54) is 0 Å². The number of carbonyl (C=O) groups excluding carboxylic acids is 2. The Kier molecular flexibility index (Phi) is 5.51. The number of amides is 2. The molecule has 1 unspecified atom stereocenters. The van der Waals surface area contributed by atoms with Gasteiger partial charge in [-0.2, -0.15) is 0 Å². The number of hydrogen-bond acceptors (Lipinski definition) is 5. The number of aromatic nitrogens is 3. The number of ether oxygens (including phenoxy) is 1. The Hall–Kier alpha value is -3.42. The molecule has 2 fully saturated rings. The first-order valence-corrected chi connectivity index (χ1v) is 11.1. The van der Waals surface area contributed by atoms with Crippen molar-refractivity contribution < 1.29 is 14.3 Å². The predicted octanol–water partition coefficient (Wildman–Crippen LogP) is 2.92. The molecule has 3 aromatic rings. The van der Waals surface area contributed by atoms with Gasteiger partial charge in [0.15, 0.2) is 5.65 Å². The number of rotatable bonds is 9. The van der Waals surface area contributed by atoms with Gasteiger partial charge in [-0.3, -0.25) is 9.59 Å². The second-order valence-corrected chi connectivity index (χ2v) is 8.69. The van der Waals surface area contributed by atoms with Crippen molar-refractivity contribution in [1.29, 1.82) is 0 Å². The van der Waals surface area contributed by atoms with Crippen LogP contribution in [0.25, 0.3) is 11.2 Å². The van der Waals surface area contributed by atoms with Gasteiger partial charge in [0.2, 0.25) is 5.91 Å². The summed E-state index contributed by atoms with van der Waals surface area (Å²) in [5.41, 5.74) is 3.62. The number of benzene rings is 1. The number of fused-ring (bicyclic) bond motifs is 1. The zero-order valence-electron chi connectivity index (χ0n) is 18.1. The van der Waals surface area contributed by atoms with Gasteiger partial charge in [0.1, 0.15) is 11.3 Å². The van der Waals surface area contributed by atoms with Crippen molar-refractivity contribution >= 4 is 23.0 Å². The van der Waals surface area contributed by atoms with E-state index in [1.54, 1.807) is 19.5 Å². The fraction of sp³-hybridized carbons (Fsp3) is 0.417. The van der Waals surface area contributed by atoms with E-state index >= 15 is 0 Å². The van der Waals surface area contributed by atoms with Crippen LogP contribution in [0, 0.1) is 11.8 Å². The summed E-state index contributed by atoms with van der Waals surface area (Å²) in [7, 11) is 1.63. The first-order chi connectivity index (χ1) is 15.6. The molecular formula is C24H27N5O3. The van der Waals surface area contributed by atoms with E-state index in [-0.39, 0.29) is 17.7 Å². The Morgan fingerprint density at radius 3 is 2.62 bits per heavy atom. The molecule has 2 amide bonds. The maximum Gasteiger partial charge on any atom is 0.255 e. The molecule has 2 aliphatic carbocycles. The highest BCUT2D eigenvalue weighted by atomic mass is 16.5. The molecule has 0 radical (unpaired) electrons. The van der Waals surface area contributed by atoms with Gasteiger partial charge in [0.25, 0.3) is 5.91 Å². The Balaban J connectivity index is 1.21. The van der Waals surface area contributed by atoms with Crippen molar-refractivity contribution in [2.75, 3.05) is 13.7 Å². The van der Waals surface area contributed by atoms with Crippen LogP contribution in [0.5, 0.6) is 5.75 Å². The molecule has 2 heterocycles. The van der Waals surface area contributed by atoms with Crippen molar-refractivity contribution in [3.05, 3.63) is 53.5 Å². The van der Waals surface area contributed by atoms with Crippen molar-refractivity contribution in [2.45, 2.75) is 38.1 Å². The maximum atomic E-state index is 12.9. The normalized spacial score (nSPS) is 16.5. The molecule has 166 valence electrons. The molecule has 8 heteroatoms. The first-order valence-electron chi connectivity index (χ1n) is 11.1. The van der Waals surface area contributed by atoms with Crippen LogP contribution in [0.4, 0.5) is 0 Å². The summed E-state index contributed by atoms with van der Waals surface area (Å²) in [6.45, 7) is 0.752. The lowest BCUT2D eigenvalue weighted by Gasteiger charge is -2.17. The highest BCUT2D eigenvalue weighted by Crippen LogP contribution is 2.39. The Morgan fingerprint density at radius 1 is 1.16 bits per heavy atom. The highest BCUT2D eigenvalue weighted by molar-refractivity contribution is 6.04. The fourth-order valence-electron chi connectivity index (χ4n) is 3.99. The number of methoxy groups -OCH3 is 1. The van der Waals surface area contributed by atoms with E-state index in [9.17, 15) is 9.59 Å². The quantitative estimate of drug-likeness (QED) is 0.481. The summed E-state index contributed by atoms with van der Waals surface area (Å²) in [5, 5.41) is 5.97. The molecule has 2 aliphatic rings. The molecule has 32 heavy (non-hydrogen) atoms. The predicted molar refractivity (Wildman–Crippen MR) is 119 cm³/mol. The van der Waals surface area contributed by atoms with Crippen molar-refractivity contribution in [1.82, 2.24) is 25.6 Å². The molecule has 0 spiro atoms. The molecule has 0 saturated heterocycles. The van der Waals surface area contributed by atoms with Crippen LogP contribution in [-0.2, 0) is 11.3 Å². The van der Waals surface area contributed by atoms with Gasteiger partial charge >= 0.3 is 0 Å². The van der Waals surface area contributed by atoms with E-state index in [2.05, 4.69) is 25.6 Å². The number of nitrogens with zero attached hydrogens (tertiary/aromatic N) is 2. The summed E-state index contributed by atoms with van der Waals surface area (Å²) in [5.74, 6) is 1.06. The van der Waals surface area contributed by atoms with E-state index in [0.717, 1.165) is 42.7 Å². The topological polar surface area (TPSA) is 109 Å².